The molecule has 4 nitrogen and oxygen atoms in total. The molecular weight excluding hydrogens is 192 g/mol. The highest BCUT2D eigenvalue weighted by atomic mass is 16.1. The van der Waals surface area contributed by atoms with Gasteiger partial charge in [0, 0.05) is 5.56 Å². The lowest BCUT2D eigenvalue weighted by atomic mass is 10.1. The molecule has 15 heavy (non-hydrogen) atoms. The van der Waals surface area contributed by atoms with Gasteiger partial charge in [0.15, 0.2) is 6.17 Å². The molecule has 0 saturated carbocycles. The first kappa shape index (κ1) is 10.8. The quantitative estimate of drug-likeness (QED) is 0.551. The van der Waals surface area contributed by atoms with Crippen LogP contribution < -0.4 is 0 Å². The third-order valence-corrected chi connectivity index (χ3v) is 1.82. The van der Waals surface area contributed by atoms with E-state index in [0.717, 1.165) is 5.56 Å². The smallest absolute Gasteiger partial charge is 0.211 e. The number of hydrogen-bond acceptors (Lipinski definition) is 4. The fourth-order valence-corrected chi connectivity index (χ4v) is 1.08. The van der Waals surface area contributed by atoms with E-state index in [1.54, 1.807) is 30.3 Å². The molecule has 0 fully saturated rings. The Hall–Kier alpha value is -2.28. The summed E-state index contributed by atoms with van der Waals surface area (Å²) in [6.07, 6.45) is 3.56. The minimum atomic E-state index is -0.848. The van der Waals surface area contributed by atoms with Crippen molar-refractivity contribution in [3.05, 3.63) is 42.0 Å². The molecule has 1 aromatic carbocycles. The second-order valence-corrected chi connectivity index (χ2v) is 2.69. The molecule has 0 aromatic heterocycles. The highest BCUT2D eigenvalue weighted by Gasteiger charge is 2.06. The molecule has 0 bridgehead atoms. The van der Waals surface area contributed by atoms with Crippen molar-refractivity contribution in [2.45, 2.75) is 6.17 Å². The van der Waals surface area contributed by atoms with E-state index in [4.69, 9.17) is 0 Å². The average molecular weight is 200 g/mol. The van der Waals surface area contributed by atoms with Crippen LogP contribution in [0, 0.1) is 0 Å². The minimum Gasteiger partial charge on any atom is -0.211 e. The Labute approximate surface area is 86.7 Å². The molecule has 0 unspecified atom stereocenters. The first-order valence-electron chi connectivity index (χ1n) is 4.18. The van der Waals surface area contributed by atoms with Crippen LogP contribution in [0.1, 0.15) is 17.3 Å². The average Bonchev–Trinajstić information content (AvgIpc) is 2.29. The predicted octanol–water partition coefficient (Wildman–Crippen LogP) is 2.00. The second-order valence-electron chi connectivity index (χ2n) is 2.69. The van der Waals surface area contributed by atoms with Crippen LogP contribution in [0.15, 0.2) is 40.8 Å². The summed E-state index contributed by atoms with van der Waals surface area (Å²) >= 11 is 0. The van der Waals surface area contributed by atoms with Gasteiger partial charge in [0.05, 0.1) is 0 Å². The zero-order valence-electron chi connectivity index (χ0n) is 7.88. The molecule has 0 N–H and O–H groups in total. The molecule has 0 spiro atoms. The molecule has 0 saturated heterocycles. The minimum absolute atomic E-state index is 0.632. The maximum absolute atomic E-state index is 10.1. The Bertz CT molecular complexity index is 420. The van der Waals surface area contributed by atoms with Crippen molar-refractivity contribution in [3.8, 4) is 0 Å². The number of rotatable bonds is 4. The number of nitrogens with zero attached hydrogens (tertiary/aromatic N) is 2. The lowest BCUT2D eigenvalue weighted by molar-refractivity contribution is 0.552. The van der Waals surface area contributed by atoms with E-state index < -0.39 is 6.17 Å². The third kappa shape index (κ3) is 2.85. The van der Waals surface area contributed by atoms with Crippen molar-refractivity contribution < 1.29 is 9.59 Å². The van der Waals surface area contributed by atoms with Gasteiger partial charge in [-0.3, -0.25) is 0 Å². The van der Waals surface area contributed by atoms with Gasteiger partial charge in [-0.2, -0.15) is 9.98 Å². The van der Waals surface area contributed by atoms with Crippen LogP contribution in [-0.2, 0) is 9.59 Å². The number of aliphatic imine (C=N–C) groups is 2. The highest BCUT2D eigenvalue weighted by Crippen LogP contribution is 2.18. The van der Waals surface area contributed by atoms with Gasteiger partial charge in [0.25, 0.3) is 0 Å². The molecule has 0 amide bonds. The molecule has 0 atom stereocenters. The lowest BCUT2D eigenvalue weighted by Gasteiger charge is -2.03. The molecule has 1 aromatic rings. The van der Waals surface area contributed by atoms with Gasteiger partial charge in [-0.15, -0.1) is 0 Å². The van der Waals surface area contributed by atoms with Crippen LogP contribution in [0.3, 0.4) is 0 Å². The van der Waals surface area contributed by atoms with Crippen molar-refractivity contribution in [2.75, 3.05) is 0 Å². The highest BCUT2D eigenvalue weighted by molar-refractivity contribution is 5.48. The number of benzene rings is 1. The molecule has 0 aliphatic carbocycles. The van der Waals surface area contributed by atoms with E-state index in [9.17, 15) is 9.59 Å². The molecule has 1 rings (SSSR count). The van der Waals surface area contributed by atoms with E-state index in [-0.39, 0.29) is 0 Å². The third-order valence-electron chi connectivity index (χ3n) is 1.82. The van der Waals surface area contributed by atoms with Crippen molar-refractivity contribution >= 4 is 18.2 Å². The van der Waals surface area contributed by atoms with E-state index in [1.807, 2.05) is 0 Å². The van der Waals surface area contributed by atoms with Crippen molar-refractivity contribution in [1.82, 2.24) is 0 Å². The molecular formula is C11H8N2O2. The van der Waals surface area contributed by atoms with Gasteiger partial charge in [0.1, 0.15) is 0 Å². The zero-order valence-corrected chi connectivity index (χ0v) is 7.88. The summed E-state index contributed by atoms with van der Waals surface area (Å²) in [6.45, 7) is 3.61. The first-order chi connectivity index (χ1) is 7.31. The Morgan fingerprint density at radius 3 is 2.07 bits per heavy atom. The zero-order chi connectivity index (χ0) is 11.1. The molecule has 4 heteroatoms. The van der Waals surface area contributed by atoms with E-state index in [0.29, 0.717) is 5.56 Å². The summed E-state index contributed by atoms with van der Waals surface area (Å²) in [4.78, 5) is 26.9. The SMILES string of the molecule is C=Cc1ccc(C(N=C=O)N=C=O)cc1. The summed E-state index contributed by atoms with van der Waals surface area (Å²) in [5, 5.41) is 0. The molecule has 0 radical (unpaired) electrons. The second kappa shape index (κ2) is 5.45. The van der Waals surface area contributed by atoms with Crippen molar-refractivity contribution in [2.24, 2.45) is 9.98 Å². The van der Waals surface area contributed by atoms with Crippen molar-refractivity contribution in [3.63, 3.8) is 0 Å². The number of carbonyl (C=O) groups excluding carboxylic acids is 2. The molecule has 0 aliphatic rings. The van der Waals surface area contributed by atoms with Gasteiger partial charge in [-0.25, -0.2) is 9.59 Å². The summed E-state index contributed by atoms with van der Waals surface area (Å²) < 4.78 is 0. The van der Waals surface area contributed by atoms with Crippen LogP contribution in [0.25, 0.3) is 6.08 Å². The lowest BCUT2D eigenvalue weighted by Crippen LogP contribution is -1.91. The summed E-state index contributed by atoms with van der Waals surface area (Å²) in [5.41, 5.74) is 1.56. The Morgan fingerprint density at radius 2 is 1.67 bits per heavy atom. The fourth-order valence-electron chi connectivity index (χ4n) is 1.08. The van der Waals surface area contributed by atoms with E-state index in [2.05, 4.69) is 16.6 Å². The van der Waals surface area contributed by atoms with Crippen LogP contribution in [0.5, 0.6) is 0 Å². The topological polar surface area (TPSA) is 58.9 Å². The van der Waals surface area contributed by atoms with E-state index >= 15 is 0 Å². The predicted molar refractivity (Wildman–Crippen MR) is 55.5 cm³/mol. The van der Waals surface area contributed by atoms with Gasteiger partial charge in [-0.05, 0) is 5.56 Å². The fraction of sp³-hybridized carbons (Fsp3) is 0.0909. The molecule has 0 heterocycles. The number of hydrogen-bond donors (Lipinski definition) is 0. The summed E-state index contributed by atoms with van der Waals surface area (Å²) in [5.74, 6) is 0. The monoisotopic (exact) mass is 200 g/mol. The van der Waals surface area contributed by atoms with Crippen LogP contribution in [0.4, 0.5) is 0 Å². The van der Waals surface area contributed by atoms with Crippen LogP contribution in [0.2, 0.25) is 0 Å². The van der Waals surface area contributed by atoms with Crippen molar-refractivity contribution in [1.29, 1.82) is 0 Å². The van der Waals surface area contributed by atoms with Gasteiger partial charge >= 0.3 is 0 Å². The number of isocyanates is 2. The Balaban J connectivity index is 3.05. The largest absolute Gasteiger partial charge is 0.237 e. The van der Waals surface area contributed by atoms with E-state index in [1.165, 1.54) is 12.2 Å². The van der Waals surface area contributed by atoms with Gasteiger partial charge < -0.3 is 0 Å². The van der Waals surface area contributed by atoms with Crippen LogP contribution in [-0.4, -0.2) is 12.2 Å². The molecule has 74 valence electrons. The Morgan fingerprint density at radius 1 is 1.13 bits per heavy atom. The normalized spacial score (nSPS) is 10.7. The standard InChI is InChI=1S/C11H8N2O2/c1-2-9-3-5-10(6-4-9)11(12-7-14)13-8-15/h2-6,11H,1H2. The summed E-state index contributed by atoms with van der Waals surface area (Å²) in [6, 6.07) is 7.00. The first-order valence-corrected chi connectivity index (χ1v) is 4.18. The molecule has 0 aliphatic heterocycles. The van der Waals surface area contributed by atoms with Gasteiger partial charge in [-0.1, -0.05) is 36.9 Å². The van der Waals surface area contributed by atoms with Gasteiger partial charge in [0.2, 0.25) is 12.2 Å². The maximum atomic E-state index is 10.1. The van der Waals surface area contributed by atoms with Crippen LogP contribution >= 0.6 is 0 Å². The summed E-state index contributed by atoms with van der Waals surface area (Å²) in [7, 11) is 0. The Kier molecular flexibility index (Phi) is 3.92. The maximum Gasteiger partial charge on any atom is 0.237 e.